The van der Waals surface area contributed by atoms with Gasteiger partial charge in [0.05, 0.1) is 11.1 Å². The fourth-order valence-electron chi connectivity index (χ4n) is 6.10. The summed E-state index contributed by atoms with van der Waals surface area (Å²) in [6.07, 6.45) is 3.30. The van der Waals surface area contributed by atoms with E-state index in [4.69, 9.17) is 19.0 Å². The Balaban J connectivity index is 0.000000353. The fourth-order valence-corrected chi connectivity index (χ4v) is 11.4. The molecule has 53 heavy (non-hydrogen) atoms. The number of hydrogen-bond acceptors (Lipinski definition) is 6. The van der Waals surface area contributed by atoms with E-state index in [0.29, 0.717) is 49.8 Å². The summed E-state index contributed by atoms with van der Waals surface area (Å²) >= 11 is 6.70. The summed E-state index contributed by atoms with van der Waals surface area (Å²) in [6, 6.07) is 39.2. The van der Waals surface area contributed by atoms with Gasteiger partial charge in [-0.1, -0.05) is 163 Å². The van der Waals surface area contributed by atoms with Gasteiger partial charge in [0.25, 0.3) is 8.32 Å². The third-order valence-corrected chi connectivity index (χ3v) is 14.2. The van der Waals surface area contributed by atoms with E-state index in [2.05, 4.69) is 126 Å². The van der Waals surface area contributed by atoms with Crippen LogP contribution in [-0.4, -0.2) is 50.8 Å². The average molecular weight is 865 g/mol. The summed E-state index contributed by atoms with van der Waals surface area (Å²) in [7, 11) is -2.57. The maximum atomic E-state index is 12.6. The zero-order chi connectivity index (χ0) is 38.7. The highest BCUT2D eigenvalue weighted by atomic mass is 79.9. The molecule has 6 nitrogen and oxygen atoms in total. The molecule has 0 bridgehead atoms. The van der Waals surface area contributed by atoms with Crippen molar-refractivity contribution in [3.8, 4) is 0 Å². The Hall–Kier alpha value is -3.60. The van der Waals surface area contributed by atoms with Gasteiger partial charge in [-0.15, -0.1) is 0 Å². The van der Waals surface area contributed by atoms with Crippen LogP contribution < -0.4 is 10.4 Å². The highest BCUT2D eigenvalue weighted by molar-refractivity contribution is 9.12. The largest absolute Gasteiger partial charge is 0.458 e. The van der Waals surface area contributed by atoms with Crippen LogP contribution >= 0.6 is 31.9 Å². The summed E-state index contributed by atoms with van der Waals surface area (Å²) in [5.41, 5.74) is 1.09. The van der Waals surface area contributed by atoms with E-state index in [1.54, 1.807) is 36.4 Å². The highest BCUT2D eigenvalue weighted by Crippen LogP contribution is 2.37. The Labute approximate surface area is 333 Å². The van der Waals surface area contributed by atoms with Crippen molar-refractivity contribution in [1.82, 2.24) is 0 Å². The lowest BCUT2D eigenvalue weighted by atomic mass is 10.1. The SMILES string of the molecule is C=C(Br)C[C@@H](CCCO)OC(=O)c1ccccc1.C=C(Br)C[C@@H](CCCO[Si](c1ccccc1)(c1ccccc1)C(C)(C)C)OC(=O)c1ccccc1. The third kappa shape index (κ3) is 14.3. The van der Waals surface area contributed by atoms with Crippen molar-refractivity contribution in [2.24, 2.45) is 0 Å². The van der Waals surface area contributed by atoms with Crippen molar-refractivity contribution in [2.45, 2.75) is 76.5 Å². The van der Waals surface area contributed by atoms with E-state index in [-0.39, 0.29) is 35.8 Å². The summed E-state index contributed by atoms with van der Waals surface area (Å²) < 4.78 is 19.8. The number of carbonyl (C=O) groups excluding carboxylic acids is 2. The van der Waals surface area contributed by atoms with Crippen LogP contribution in [0.4, 0.5) is 0 Å². The molecule has 4 aromatic carbocycles. The van der Waals surface area contributed by atoms with E-state index in [0.717, 1.165) is 15.4 Å². The van der Waals surface area contributed by atoms with Gasteiger partial charge in [-0.2, -0.15) is 0 Å². The molecular formula is C44H52Br2O6Si. The molecule has 0 aliphatic carbocycles. The second-order valence-electron chi connectivity index (χ2n) is 13.7. The van der Waals surface area contributed by atoms with Crippen LogP contribution in [0.2, 0.25) is 5.04 Å². The number of aliphatic hydroxyl groups excluding tert-OH is 1. The summed E-state index contributed by atoms with van der Waals surface area (Å²) in [5, 5.41) is 11.3. The summed E-state index contributed by atoms with van der Waals surface area (Å²) in [5.74, 6) is -0.649. The number of rotatable bonds is 18. The van der Waals surface area contributed by atoms with Gasteiger partial charge in [-0.3, -0.25) is 0 Å². The van der Waals surface area contributed by atoms with Crippen molar-refractivity contribution in [1.29, 1.82) is 0 Å². The molecule has 4 rings (SSSR count). The van der Waals surface area contributed by atoms with Crippen LogP contribution in [0.15, 0.2) is 143 Å². The van der Waals surface area contributed by atoms with Crippen LogP contribution in [0.5, 0.6) is 0 Å². The molecule has 0 unspecified atom stereocenters. The van der Waals surface area contributed by atoms with Gasteiger partial charge in [0.15, 0.2) is 0 Å². The first-order chi connectivity index (χ1) is 25.4. The van der Waals surface area contributed by atoms with Gasteiger partial charge < -0.3 is 19.0 Å². The molecule has 282 valence electrons. The van der Waals surface area contributed by atoms with Crippen LogP contribution in [-0.2, 0) is 13.9 Å². The molecule has 0 amide bonds. The summed E-state index contributed by atoms with van der Waals surface area (Å²) in [4.78, 5) is 24.5. The molecule has 1 N–H and O–H groups in total. The number of esters is 2. The zero-order valence-electron chi connectivity index (χ0n) is 31.0. The van der Waals surface area contributed by atoms with Crippen LogP contribution in [0, 0.1) is 0 Å². The normalized spacial score (nSPS) is 12.4. The Morgan fingerprint density at radius 2 is 1.00 bits per heavy atom. The molecular weight excluding hydrogens is 812 g/mol. The fraction of sp³-hybridized carbons (Fsp3) is 0.318. The average Bonchev–Trinajstić information content (AvgIpc) is 3.14. The molecule has 0 radical (unpaired) electrons. The molecule has 0 saturated carbocycles. The van der Waals surface area contributed by atoms with Crippen molar-refractivity contribution < 1.29 is 28.6 Å². The zero-order valence-corrected chi connectivity index (χ0v) is 35.2. The first kappa shape index (κ1) is 43.8. The quantitative estimate of drug-likeness (QED) is 0.0610. The maximum Gasteiger partial charge on any atom is 0.338 e. The molecule has 0 fully saturated rings. The Bertz CT molecular complexity index is 1660. The minimum Gasteiger partial charge on any atom is -0.458 e. The van der Waals surface area contributed by atoms with Gasteiger partial charge >= 0.3 is 11.9 Å². The molecule has 2 atom stereocenters. The number of benzene rings is 4. The Kier molecular flexibility index (Phi) is 18.7. The third-order valence-electron chi connectivity index (χ3n) is 8.55. The van der Waals surface area contributed by atoms with E-state index in [1.165, 1.54) is 10.4 Å². The van der Waals surface area contributed by atoms with Gasteiger partial charge in [-0.25, -0.2) is 9.59 Å². The Morgan fingerprint density at radius 3 is 1.34 bits per heavy atom. The van der Waals surface area contributed by atoms with Crippen LogP contribution in [0.25, 0.3) is 0 Å². The first-order valence-corrected chi connectivity index (χ1v) is 21.4. The van der Waals surface area contributed by atoms with Gasteiger partial charge in [0, 0.05) is 26.1 Å². The summed E-state index contributed by atoms with van der Waals surface area (Å²) in [6.45, 7) is 15.2. The molecule has 0 saturated heterocycles. The molecule has 4 aromatic rings. The van der Waals surface area contributed by atoms with Crippen molar-refractivity contribution in [2.75, 3.05) is 13.2 Å². The standard InChI is InChI=1S/C30H35BrO3Si.C14H17BrO3/c1-24(31)23-26(34-29(32)25-15-8-5-9-16-25)17-14-22-33-35(30(2,3)4,27-18-10-6-11-19-27)28-20-12-7-13-21-28;1-11(15)10-13(8-5-9-16)18-14(17)12-6-3-2-4-7-12/h5-13,15-16,18-21,26H,1,14,17,22-23H2,2-4H3;2-4,6-7,13,16H,1,5,8-10H2/t26-;13-/m11/s1. The molecule has 0 aliphatic rings. The van der Waals surface area contributed by atoms with E-state index in [9.17, 15) is 9.59 Å². The number of ether oxygens (including phenoxy) is 2. The van der Waals surface area contributed by atoms with Crippen molar-refractivity contribution in [3.63, 3.8) is 0 Å². The number of carbonyl (C=O) groups is 2. The smallest absolute Gasteiger partial charge is 0.338 e. The molecule has 0 heterocycles. The topological polar surface area (TPSA) is 82.1 Å². The minimum absolute atomic E-state index is 0.0704. The van der Waals surface area contributed by atoms with Crippen molar-refractivity contribution >= 4 is 62.5 Å². The van der Waals surface area contributed by atoms with Crippen LogP contribution in [0.1, 0.15) is 80.0 Å². The van der Waals surface area contributed by atoms with E-state index >= 15 is 0 Å². The monoisotopic (exact) mass is 862 g/mol. The lowest BCUT2D eigenvalue weighted by Crippen LogP contribution is -2.66. The molecule has 9 heteroatoms. The number of aliphatic hydroxyl groups is 1. The maximum absolute atomic E-state index is 12.6. The van der Waals surface area contributed by atoms with Crippen molar-refractivity contribution in [3.05, 3.63) is 155 Å². The number of halogens is 2. The minimum atomic E-state index is -2.57. The van der Waals surface area contributed by atoms with E-state index in [1.807, 2.05) is 24.3 Å². The van der Waals surface area contributed by atoms with E-state index < -0.39 is 8.32 Å². The second kappa shape index (κ2) is 22.6. The lowest BCUT2D eigenvalue weighted by molar-refractivity contribution is 0.0264. The highest BCUT2D eigenvalue weighted by Gasteiger charge is 2.50. The van der Waals surface area contributed by atoms with Crippen LogP contribution in [0.3, 0.4) is 0 Å². The first-order valence-electron chi connectivity index (χ1n) is 17.9. The Morgan fingerprint density at radius 1 is 0.642 bits per heavy atom. The second-order valence-corrected chi connectivity index (χ2v) is 20.3. The number of hydrogen-bond donors (Lipinski definition) is 1. The molecule has 0 aliphatic heterocycles. The predicted octanol–water partition coefficient (Wildman–Crippen LogP) is 10.2. The predicted molar refractivity (Wildman–Crippen MR) is 226 cm³/mol. The molecule has 0 spiro atoms. The van der Waals surface area contributed by atoms with Gasteiger partial charge in [0.2, 0.25) is 0 Å². The van der Waals surface area contributed by atoms with Gasteiger partial charge in [0.1, 0.15) is 12.2 Å². The van der Waals surface area contributed by atoms with Gasteiger partial charge in [-0.05, 0) is 74.3 Å². The lowest BCUT2D eigenvalue weighted by Gasteiger charge is -2.43. The molecule has 0 aromatic heterocycles.